The molecule has 0 N–H and O–H groups in total. The average Bonchev–Trinajstić information content (AvgIpc) is 3.07. The van der Waals surface area contributed by atoms with Crippen molar-refractivity contribution >= 4 is 34.0 Å². The maximum Gasteiger partial charge on any atom is 0.257 e. The smallest absolute Gasteiger partial charge is 0.257 e. The monoisotopic (exact) mass is 409 g/mol. The molecule has 8 heteroatoms. The van der Waals surface area contributed by atoms with E-state index in [4.69, 9.17) is 4.98 Å². The van der Waals surface area contributed by atoms with Crippen molar-refractivity contribution in [3.05, 3.63) is 39.4 Å². The number of nitrogens with zero attached hydrogens (tertiary/aromatic N) is 5. The summed E-state index contributed by atoms with van der Waals surface area (Å²) >= 11 is 1.50. The second-order valence-corrected chi connectivity index (χ2v) is 8.93. The van der Waals surface area contributed by atoms with E-state index < -0.39 is 0 Å². The third-order valence-electron chi connectivity index (χ3n) is 5.56. The van der Waals surface area contributed by atoms with Gasteiger partial charge in [-0.25, -0.2) is 4.98 Å². The van der Waals surface area contributed by atoms with Gasteiger partial charge in [0.15, 0.2) is 0 Å². The SMILES string of the molecule is CC(C)c1ccc(C#N)c(N2CCc3c(sc4c3C(=O)N(C)CC(=O)N4C)C2)n1. The predicted octanol–water partition coefficient (Wildman–Crippen LogP) is 2.75. The molecule has 2 aliphatic rings. The van der Waals surface area contributed by atoms with Gasteiger partial charge in [-0.3, -0.25) is 9.59 Å². The minimum absolute atomic E-state index is 0.0897. The Morgan fingerprint density at radius 2 is 1.97 bits per heavy atom. The molecule has 0 saturated heterocycles. The van der Waals surface area contributed by atoms with Gasteiger partial charge in [0.2, 0.25) is 5.91 Å². The summed E-state index contributed by atoms with van der Waals surface area (Å²) in [6.07, 6.45) is 0.682. The lowest BCUT2D eigenvalue weighted by molar-refractivity contribution is -0.118. The number of amides is 2. The lowest BCUT2D eigenvalue weighted by Gasteiger charge is -2.29. The first-order valence-corrected chi connectivity index (χ1v) is 10.5. The van der Waals surface area contributed by atoms with Crippen molar-refractivity contribution in [3.63, 3.8) is 0 Å². The highest BCUT2D eigenvalue weighted by Crippen LogP contribution is 2.41. The van der Waals surface area contributed by atoms with Crippen LogP contribution in [0.2, 0.25) is 0 Å². The molecule has 29 heavy (non-hydrogen) atoms. The van der Waals surface area contributed by atoms with Crippen LogP contribution in [-0.4, -0.2) is 48.9 Å². The summed E-state index contributed by atoms with van der Waals surface area (Å²) in [7, 11) is 3.40. The molecule has 2 amide bonds. The summed E-state index contributed by atoms with van der Waals surface area (Å²) in [5.41, 5.74) is 3.19. The summed E-state index contributed by atoms with van der Waals surface area (Å²) in [6, 6.07) is 5.99. The van der Waals surface area contributed by atoms with Crippen LogP contribution >= 0.6 is 11.3 Å². The van der Waals surface area contributed by atoms with E-state index in [9.17, 15) is 14.9 Å². The summed E-state index contributed by atoms with van der Waals surface area (Å²) in [4.78, 5) is 36.3. The molecule has 0 aliphatic carbocycles. The molecule has 0 radical (unpaired) electrons. The number of carbonyl (C=O) groups excluding carboxylic acids is 2. The number of fused-ring (bicyclic) bond motifs is 3. The first-order chi connectivity index (χ1) is 13.8. The van der Waals surface area contributed by atoms with Crippen LogP contribution in [0.4, 0.5) is 10.8 Å². The lowest BCUT2D eigenvalue weighted by Crippen LogP contribution is -2.36. The Morgan fingerprint density at radius 1 is 1.21 bits per heavy atom. The zero-order valence-corrected chi connectivity index (χ0v) is 17.8. The highest BCUT2D eigenvalue weighted by Gasteiger charge is 2.36. The van der Waals surface area contributed by atoms with Crippen LogP contribution in [-0.2, 0) is 17.8 Å². The molecule has 150 valence electrons. The van der Waals surface area contributed by atoms with Gasteiger partial charge in [-0.15, -0.1) is 11.3 Å². The number of hydrogen-bond donors (Lipinski definition) is 0. The molecular formula is C21H23N5O2S. The standard InChI is InChI=1S/C21H23N5O2S/c1-12(2)15-6-5-13(9-22)19(23-15)26-8-7-14-16(10-26)29-21-18(14)20(28)24(3)11-17(27)25(21)4/h5-6,12H,7-8,10-11H2,1-4H3. The molecule has 0 spiro atoms. The van der Waals surface area contributed by atoms with Crippen LogP contribution < -0.4 is 9.80 Å². The van der Waals surface area contributed by atoms with E-state index in [1.807, 2.05) is 12.1 Å². The van der Waals surface area contributed by atoms with Crippen molar-refractivity contribution in [3.8, 4) is 6.07 Å². The first kappa shape index (κ1) is 19.4. The Balaban J connectivity index is 1.75. The first-order valence-electron chi connectivity index (χ1n) is 9.64. The largest absolute Gasteiger partial charge is 0.350 e. The third kappa shape index (κ3) is 3.15. The van der Waals surface area contributed by atoms with Gasteiger partial charge in [0.1, 0.15) is 23.4 Å². The molecule has 0 bridgehead atoms. The van der Waals surface area contributed by atoms with Gasteiger partial charge < -0.3 is 14.7 Å². The third-order valence-corrected chi connectivity index (χ3v) is 6.85. The summed E-state index contributed by atoms with van der Waals surface area (Å²) < 4.78 is 0. The second kappa shape index (κ2) is 7.16. The predicted molar refractivity (Wildman–Crippen MR) is 112 cm³/mol. The Morgan fingerprint density at radius 3 is 2.66 bits per heavy atom. The van der Waals surface area contributed by atoms with Crippen molar-refractivity contribution in [1.29, 1.82) is 5.26 Å². The van der Waals surface area contributed by atoms with Crippen LogP contribution in [0.15, 0.2) is 12.1 Å². The molecule has 0 fully saturated rings. The normalized spacial score (nSPS) is 16.6. The maximum atomic E-state index is 12.9. The summed E-state index contributed by atoms with van der Waals surface area (Å²) in [6.45, 7) is 5.51. The van der Waals surface area contributed by atoms with E-state index in [1.54, 1.807) is 19.0 Å². The van der Waals surface area contributed by atoms with Crippen LogP contribution in [0.5, 0.6) is 0 Å². The lowest BCUT2D eigenvalue weighted by atomic mass is 10.0. The van der Waals surface area contributed by atoms with Crippen LogP contribution in [0, 0.1) is 11.3 Å². The molecule has 4 heterocycles. The molecule has 0 unspecified atom stereocenters. The highest BCUT2D eigenvalue weighted by molar-refractivity contribution is 7.17. The summed E-state index contributed by atoms with van der Waals surface area (Å²) in [5, 5.41) is 10.3. The topological polar surface area (TPSA) is 80.5 Å². The van der Waals surface area contributed by atoms with E-state index in [0.717, 1.165) is 21.1 Å². The van der Waals surface area contributed by atoms with E-state index >= 15 is 0 Å². The molecule has 0 aromatic carbocycles. The fourth-order valence-electron chi connectivity index (χ4n) is 3.82. The second-order valence-electron chi connectivity index (χ2n) is 7.84. The minimum atomic E-state index is -0.0960. The van der Waals surface area contributed by atoms with Crippen molar-refractivity contribution in [2.75, 3.05) is 37.0 Å². The van der Waals surface area contributed by atoms with Crippen LogP contribution in [0.1, 0.15) is 51.8 Å². The molecule has 2 aliphatic heterocycles. The Bertz CT molecular complexity index is 1050. The van der Waals surface area contributed by atoms with Gasteiger partial charge in [0, 0.05) is 31.2 Å². The van der Waals surface area contributed by atoms with Gasteiger partial charge in [-0.05, 0) is 30.0 Å². The molecule has 2 aromatic heterocycles. The number of anilines is 2. The van der Waals surface area contributed by atoms with Crippen LogP contribution in [0.3, 0.4) is 0 Å². The minimum Gasteiger partial charge on any atom is -0.350 e. The Kier molecular flexibility index (Phi) is 4.79. The fourth-order valence-corrected chi connectivity index (χ4v) is 5.16. The number of aromatic nitrogens is 1. The molecule has 0 saturated carbocycles. The summed E-state index contributed by atoms with van der Waals surface area (Å²) in [5.74, 6) is 0.780. The van der Waals surface area contributed by atoms with Gasteiger partial charge >= 0.3 is 0 Å². The number of pyridine rings is 1. The van der Waals surface area contributed by atoms with E-state index in [2.05, 4.69) is 24.8 Å². The van der Waals surface area contributed by atoms with E-state index in [0.29, 0.717) is 36.5 Å². The van der Waals surface area contributed by atoms with Crippen molar-refractivity contribution < 1.29 is 9.59 Å². The van der Waals surface area contributed by atoms with E-state index in [1.165, 1.54) is 16.2 Å². The van der Waals surface area contributed by atoms with Gasteiger partial charge in [0.25, 0.3) is 5.91 Å². The molecule has 2 aromatic rings. The van der Waals surface area contributed by atoms with Gasteiger partial charge in [-0.1, -0.05) is 13.8 Å². The maximum absolute atomic E-state index is 12.9. The molecular weight excluding hydrogens is 386 g/mol. The zero-order valence-electron chi connectivity index (χ0n) is 17.0. The van der Waals surface area contributed by atoms with Crippen molar-refractivity contribution in [2.45, 2.75) is 32.7 Å². The number of likely N-dealkylation sites (N-methyl/N-ethyl adjacent to an activating group) is 2. The fraction of sp³-hybridized carbons (Fsp3) is 0.429. The number of carbonyl (C=O) groups is 2. The van der Waals surface area contributed by atoms with Crippen LogP contribution in [0.25, 0.3) is 0 Å². The Hall–Kier alpha value is -2.92. The zero-order chi connectivity index (χ0) is 20.9. The highest BCUT2D eigenvalue weighted by atomic mass is 32.1. The number of rotatable bonds is 2. The molecule has 0 atom stereocenters. The van der Waals surface area contributed by atoms with Crippen molar-refractivity contribution in [2.24, 2.45) is 0 Å². The van der Waals surface area contributed by atoms with E-state index in [-0.39, 0.29) is 24.3 Å². The number of hydrogen-bond acceptors (Lipinski definition) is 6. The number of nitriles is 1. The quantitative estimate of drug-likeness (QED) is 0.762. The number of thiophene rings is 1. The molecule has 4 rings (SSSR count). The Labute approximate surface area is 174 Å². The van der Waals surface area contributed by atoms with Gasteiger partial charge in [-0.2, -0.15) is 5.26 Å². The average molecular weight is 410 g/mol. The van der Waals surface area contributed by atoms with Gasteiger partial charge in [0.05, 0.1) is 17.7 Å². The molecule has 7 nitrogen and oxygen atoms in total. The van der Waals surface area contributed by atoms with Crippen molar-refractivity contribution in [1.82, 2.24) is 9.88 Å².